The molecule has 1 aliphatic rings. The van der Waals surface area contributed by atoms with Crippen LogP contribution in [0.5, 0.6) is 0 Å². The van der Waals surface area contributed by atoms with Crippen molar-refractivity contribution in [2.24, 2.45) is 0 Å². The van der Waals surface area contributed by atoms with E-state index in [9.17, 15) is 4.79 Å². The SMILES string of the molecule is O=C(C[C@H]1CCCO1)N(CCc1ccccc1)Cc1ccncc1. The number of benzene rings is 1. The lowest BCUT2D eigenvalue weighted by Gasteiger charge is -2.24. The zero-order valence-corrected chi connectivity index (χ0v) is 13.9. The van der Waals surface area contributed by atoms with Gasteiger partial charge in [0.25, 0.3) is 0 Å². The van der Waals surface area contributed by atoms with Crippen LogP contribution in [0.4, 0.5) is 0 Å². The van der Waals surface area contributed by atoms with Gasteiger partial charge >= 0.3 is 0 Å². The van der Waals surface area contributed by atoms with E-state index >= 15 is 0 Å². The molecule has 3 rings (SSSR count). The van der Waals surface area contributed by atoms with E-state index in [2.05, 4.69) is 17.1 Å². The smallest absolute Gasteiger partial charge is 0.225 e. The van der Waals surface area contributed by atoms with Gasteiger partial charge in [0.05, 0.1) is 12.5 Å². The highest BCUT2D eigenvalue weighted by molar-refractivity contribution is 5.76. The number of ether oxygens (including phenoxy) is 1. The highest BCUT2D eigenvalue weighted by Crippen LogP contribution is 2.17. The molecule has 1 saturated heterocycles. The van der Waals surface area contributed by atoms with Crippen molar-refractivity contribution in [2.75, 3.05) is 13.2 Å². The average molecular weight is 324 g/mol. The summed E-state index contributed by atoms with van der Waals surface area (Å²) in [6.07, 6.45) is 7.04. The minimum atomic E-state index is 0.0918. The second kappa shape index (κ2) is 8.60. The zero-order valence-electron chi connectivity index (χ0n) is 13.9. The molecule has 126 valence electrons. The third-order valence-corrected chi connectivity index (χ3v) is 4.41. The fourth-order valence-electron chi connectivity index (χ4n) is 3.04. The van der Waals surface area contributed by atoms with E-state index in [-0.39, 0.29) is 12.0 Å². The van der Waals surface area contributed by atoms with Crippen molar-refractivity contribution in [1.82, 2.24) is 9.88 Å². The van der Waals surface area contributed by atoms with Crippen LogP contribution in [0.3, 0.4) is 0 Å². The Morgan fingerprint density at radius 3 is 2.62 bits per heavy atom. The first-order chi connectivity index (χ1) is 11.8. The molecule has 0 N–H and O–H groups in total. The van der Waals surface area contributed by atoms with Gasteiger partial charge in [0.2, 0.25) is 5.91 Å². The van der Waals surface area contributed by atoms with E-state index in [1.54, 1.807) is 12.4 Å². The van der Waals surface area contributed by atoms with Gasteiger partial charge in [0.15, 0.2) is 0 Å². The van der Waals surface area contributed by atoms with E-state index in [4.69, 9.17) is 4.74 Å². The van der Waals surface area contributed by atoms with Gasteiger partial charge in [-0.1, -0.05) is 30.3 Å². The molecule has 1 aromatic heterocycles. The molecule has 0 aliphatic carbocycles. The van der Waals surface area contributed by atoms with Crippen LogP contribution in [-0.4, -0.2) is 35.0 Å². The summed E-state index contributed by atoms with van der Waals surface area (Å²) >= 11 is 0. The maximum atomic E-state index is 12.8. The van der Waals surface area contributed by atoms with Crippen molar-refractivity contribution >= 4 is 5.91 Å². The van der Waals surface area contributed by atoms with Crippen molar-refractivity contribution in [3.05, 3.63) is 66.0 Å². The molecular formula is C20H24N2O2. The predicted octanol–water partition coefficient (Wildman–Crippen LogP) is 3.22. The summed E-state index contributed by atoms with van der Waals surface area (Å²) in [5, 5.41) is 0. The molecule has 4 nitrogen and oxygen atoms in total. The number of hydrogen-bond acceptors (Lipinski definition) is 3. The topological polar surface area (TPSA) is 42.4 Å². The van der Waals surface area contributed by atoms with E-state index in [1.165, 1.54) is 5.56 Å². The third kappa shape index (κ3) is 4.90. The van der Waals surface area contributed by atoms with Gasteiger partial charge < -0.3 is 9.64 Å². The lowest BCUT2D eigenvalue weighted by Crippen LogP contribution is -2.34. The van der Waals surface area contributed by atoms with Gasteiger partial charge in [-0.05, 0) is 42.5 Å². The Labute approximate surface area is 143 Å². The molecule has 1 aliphatic heterocycles. The van der Waals surface area contributed by atoms with Crippen molar-refractivity contribution in [3.63, 3.8) is 0 Å². The number of nitrogens with zero attached hydrogens (tertiary/aromatic N) is 2. The van der Waals surface area contributed by atoms with Gasteiger partial charge in [0, 0.05) is 32.1 Å². The molecule has 4 heteroatoms. The van der Waals surface area contributed by atoms with Crippen LogP contribution >= 0.6 is 0 Å². The molecule has 1 fully saturated rings. The van der Waals surface area contributed by atoms with E-state index in [1.807, 2.05) is 35.2 Å². The first-order valence-corrected chi connectivity index (χ1v) is 8.63. The van der Waals surface area contributed by atoms with Gasteiger partial charge in [-0.2, -0.15) is 0 Å². The molecular weight excluding hydrogens is 300 g/mol. The summed E-state index contributed by atoms with van der Waals surface area (Å²) in [7, 11) is 0. The van der Waals surface area contributed by atoms with Crippen molar-refractivity contribution in [3.8, 4) is 0 Å². The van der Waals surface area contributed by atoms with Gasteiger partial charge in [0.1, 0.15) is 0 Å². The van der Waals surface area contributed by atoms with Crippen molar-refractivity contribution in [1.29, 1.82) is 0 Å². The molecule has 0 radical (unpaired) electrons. The van der Waals surface area contributed by atoms with Gasteiger partial charge in [-0.25, -0.2) is 0 Å². The Morgan fingerprint density at radius 1 is 1.12 bits per heavy atom. The summed E-state index contributed by atoms with van der Waals surface area (Å²) < 4.78 is 5.63. The summed E-state index contributed by atoms with van der Waals surface area (Å²) in [5.74, 6) is 0.176. The molecule has 0 unspecified atom stereocenters. The standard InChI is InChI=1S/C20H24N2O2/c23-20(15-19-7-4-14-24-19)22(16-18-8-11-21-12-9-18)13-10-17-5-2-1-3-6-17/h1-3,5-6,8-9,11-12,19H,4,7,10,13-16H2/t19-/m1/s1. The molecule has 2 heterocycles. The Kier molecular flexibility index (Phi) is 5.96. The monoisotopic (exact) mass is 324 g/mol. The van der Waals surface area contributed by atoms with Crippen LogP contribution in [0.15, 0.2) is 54.9 Å². The minimum absolute atomic E-state index is 0.0918. The van der Waals surface area contributed by atoms with Gasteiger partial charge in [-0.3, -0.25) is 9.78 Å². The van der Waals surface area contributed by atoms with Crippen LogP contribution in [-0.2, 0) is 22.5 Å². The molecule has 1 amide bonds. The Morgan fingerprint density at radius 2 is 1.92 bits per heavy atom. The van der Waals surface area contributed by atoms with Crippen LogP contribution in [0.2, 0.25) is 0 Å². The predicted molar refractivity (Wildman–Crippen MR) is 93.4 cm³/mol. The number of aromatic nitrogens is 1. The normalized spacial score (nSPS) is 16.9. The lowest BCUT2D eigenvalue weighted by atomic mass is 10.1. The maximum Gasteiger partial charge on any atom is 0.225 e. The third-order valence-electron chi connectivity index (χ3n) is 4.41. The lowest BCUT2D eigenvalue weighted by molar-refractivity contribution is -0.134. The van der Waals surface area contributed by atoms with Crippen LogP contribution in [0.1, 0.15) is 30.4 Å². The number of carbonyl (C=O) groups is 1. The molecule has 2 aromatic rings. The molecule has 1 atom stereocenters. The van der Waals surface area contributed by atoms with E-state index < -0.39 is 0 Å². The van der Waals surface area contributed by atoms with Crippen molar-refractivity contribution < 1.29 is 9.53 Å². The Bertz CT molecular complexity index is 625. The maximum absolute atomic E-state index is 12.8. The number of carbonyl (C=O) groups excluding carboxylic acids is 1. The summed E-state index contributed by atoms with van der Waals surface area (Å²) in [5.41, 5.74) is 2.36. The molecule has 0 bridgehead atoms. The number of pyridine rings is 1. The number of rotatable bonds is 7. The van der Waals surface area contributed by atoms with E-state index in [0.29, 0.717) is 13.0 Å². The summed E-state index contributed by atoms with van der Waals surface area (Å²) in [6, 6.07) is 14.2. The second-order valence-electron chi connectivity index (χ2n) is 6.25. The van der Waals surface area contributed by atoms with Crippen molar-refractivity contribution in [2.45, 2.75) is 38.3 Å². The number of amides is 1. The summed E-state index contributed by atoms with van der Waals surface area (Å²) in [4.78, 5) is 18.8. The first kappa shape index (κ1) is 16.7. The minimum Gasteiger partial charge on any atom is -0.378 e. The van der Waals surface area contributed by atoms with Crippen LogP contribution in [0.25, 0.3) is 0 Å². The highest BCUT2D eigenvalue weighted by atomic mass is 16.5. The highest BCUT2D eigenvalue weighted by Gasteiger charge is 2.22. The Hall–Kier alpha value is -2.20. The quantitative estimate of drug-likeness (QED) is 0.785. The van der Waals surface area contributed by atoms with Crippen LogP contribution in [0, 0.1) is 0 Å². The fourth-order valence-corrected chi connectivity index (χ4v) is 3.04. The molecule has 24 heavy (non-hydrogen) atoms. The first-order valence-electron chi connectivity index (χ1n) is 8.63. The van der Waals surface area contributed by atoms with E-state index in [0.717, 1.165) is 38.0 Å². The molecule has 0 spiro atoms. The largest absolute Gasteiger partial charge is 0.378 e. The Balaban J connectivity index is 1.63. The average Bonchev–Trinajstić information content (AvgIpc) is 3.13. The second-order valence-corrected chi connectivity index (χ2v) is 6.25. The van der Waals surface area contributed by atoms with Crippen LogP contribution < -0.4 is 0 Å². The zero-order chi connectivity index (χ0) is 16.6. The summed E-state index contributed by atoms with van der Waals surface area (Å²) in [6.45, 7) is 2.13. The molecule has 0 saturated carbocycles. The fraction of sp³-hybridized carbons (Fsp3) is 0.400. The molecule has 1 aromatic carbocycles. The number of hydrogen-bond donors (Lipinski definition) is 0. The van der Waals surface area contributed by atoms with Gasteiger partial charge in [-0.15, -0.1) is 0 Å².